The van der Waals surface area contributed by atoms with Gasteiger partial charge in [-0.15, -0.1) is 0 Å². The van der Waals surface area contributed by atoms with Crippen molar-refractivity contribution < 1.29 is 23.6 Å². The maximum Gasteiger partial charge on any atom is 0.324 e. The number of benzene rings is 1. The smallest absolute Gasteiger partial charge is 0.324 e. The number of aliphatic hydroxyl groups excluding tert-OH is 1. The molecule has 2 N–H and O–H groups in total. The molecule has 1 amide bonds. The van der Waals surface area contributed by atoms with Crippen LogP contribution in [0.2, 0.25) is 0 Å². The van der Waals surface area contributed by atoms with Gasteiger partial charge >= 0.3 is 6.01 Å². The minimum absolute atomic E-state index is 0.0625. The summed E-state index contributed by atoms with van der Waals surface area (Å²) in [5, 5.41) is 15.6. The molecule has 0 aliphatic carbocycles. The maximum absolute atomic E-state index is 14.3. The summed E-state index contributed by atoms with van der Waals surface area (Å²) in [6.45, 7) is 5.84. The normalized spacial score (nSPS) is 15.6. The zero-order valence-electron chi connectivity index (χ0n) is 18.8. The number of nitrogens with zero attached hydrogens (tertiary/aromatic N) is 3. The van der Waals surface area contributed by atoms with E-state index < -0.39 is 17.8 Å². The molecule has 176 valence electrons. The molecule has 0 unspecified atom stereocenters. The molecule has 2 heterocycles. The number of carbonyl (C=O) groups is 1. The zero-order chi connectivity index (χ0) is 22.9. The van der Waals surface area contributed by atoms with Crippen LogP contribution in [-0.4, -0.2) is 53.5 Å². The molecule has 9 heteroatoms. The second-order valence-corrected chi connectivity index (χ2v) is 8.36. The third-order valence-corrected chi connectivity index (χ3v) is 5.68. The van der Waals surface area contributed by atoms with Gasteiger partial charge in [0.15, 0.2) is 5.82 Å². The van der Waals surface area contributed by atoms with Gasteiger partial charge in [-0.25, -0.2) is 4.39 Å². The fraction of sp³-hybridized carbons (Fsp3) is 0.609. The van der Waals surface area contributed by atoms with E-state index in [2.05, 4.69) is 27.3 Å². The highest BCUT2D eigenvalue weighted by atomic mass is 19.1. The molecule has 1 aliphatic rings. The standard InChI is InChI=1S/C23H33FN4O4/c1-3-5-21-26-23(32-27-21)28-11-9-17(10-12-28)6-4-13-31-18-7-8-19(20(24)14-18)22(30)25-16(2)15-29/h7-8,14,16-17,29H,3-6,9-13,15H2,1-2H3,(H,25,30)/t16-/m1/s1. The Hall–Kier alpha value is -2.68. The van der Waals surface area contributed by atoms with Gasteiger partial charge in [0, 0.05) is 31.6 Å². The Morgan fingerprint density at radius 1 is 1.41 bits per heavy atom. The SMILES string of the molecule is CCCc1noc(N2CCC(CCCOc3ccc(C(=O)N[C@H](C)CO)c(F)c3)CC2)n1. The van der Waals surface area contributed by atoms with Gasteiger partial charge in [-0.1, -0.05) is 12.1 Å². The quantitative estimate of drug-likeness (QED) is 0.509. The Morgan fingerprint density at radius 3 is 2.88 bits per heavy atom. The minimum atomic E-state index is -0.638. The molecule has 1 saturated heterocycles. The molecule has 0 saturated carbocycles. The van der Waals surface area contributed by atoms with Crippen LogP contribution in [0.5, 0.6) is 5.75 Å². The van der Waals surface area contributed by atoms with E-state index in [9.17, 15) is 9.18 Å². The van der Waals surface area contributed by atoms with Gasteiger partial charge in [0.25, 0.3) is 5.91 Å². The molecule has 1 aromatic carbocycles. The molecule has 1 atom stereocenters. The Bertz CT molecular complexity index is 867. The fourth-order valence-electron chi connectivity index (χ4n) is 3.79. The predicted octanol–water partition coefficient (Wildman–Crippen LogP) is 3.35. The molecule has 1 aromatic heterocycles. The van der Waals surface area contributed by atoms with Crippen molar-refractivity contribution in [3.05, 3.63) is 35.4 Å². The number of amides is 1. The molecular weight excluding hydrogens is 415 g/mol. The average molecular weight is 449 g/mol. The summed E-state index contributed by atoms with van der Waals surface area (Å²) >= 11 is 0. The fourth-order valence-corrected chi connectivity index (χ4v) is 3.79. The summed E-state index contributed by atoms with van der Waals surface area (Å²) in [6, 6.07) is 4.42. The number of aryl methyl sites for hydroxylation is 1. The topological polar surface area (TPSA) is 101 Å². The number of aromatic nitrogens is 2. The van der Waals surface area contributed by atoms with Gasteiger partial charge in [0.2, 0.25) is 0 Å². The number of carbonyl (C=O) groups excluding carboxylic acids is 1. The van der Waals surface area contributed by atoms with Crippen LogP contribution in [-0.2, 0) is 6.42 Å². The summed E-state index contributed by atoms with van der Waals surface area (Å²) < 4.78 is 25.3. The summed E-state index contributed by atoms with van der Waals surface area (Å²) in [5.41, 5.74) is -0.0625. The second kappa shape index (κ2) is 11.8. The van der Waals surface area contributed by atoms with E-state index in [1.54, 1.807) is 13.0 Å². The van der Waals surface area contributed by atoms with Crippen molar-refractivity contribution in [2.45, 2.75) is 58.4 Å². The van der Waals surface area contributed by atoms with E-state index in [-0.39, 0.29) is 12.2 Å². The van der Waals surface area contributed by atoms with Crippen LogP contribution < -0.4 is 15.0 Å². The van der Waals surface area contributed by atoms with Crippen LogP contribution in [0.15, 0.2) is 22.7 Å². The van der Waals surface area contributed by atoms with Crippen molar-refractivity contribution in [2.75, 3.05) is 31.2 Å². The molecule has 2 aromatic rings. The summed E-state index contributed by atoms with van der Waals surface area (Å²) in [6.07, 6.45) is 5.89. The number of ether oxygens (including phenoxy) is 1. The first-order valence-corrected chi connectivity index (χ1v) is 11.4. The van der Waals surface area contributed by atoms with Gasteiger partial charge in [0.1, 0.15) is 11.6 Å². The monoisotopic (exact) mass is 448 g/mol. The Kier molecular flexibility index (Phi) is 8.84. The lowest BCUT2D eigenvalue weighted by molar-refractivity contribution is 0.0918. The summed E-state index contributed by atoms with van der Waals surface area (Å²) in [5.74, 6) is 0.601. The van der Waals surface area contributed by atoms with Crippen LogP contribution in [0.1, 0.15) is 62.1 Å². The number of nitrogens with one attached hydrogen (secondary N) is 1. The Labute approximate surface area is 188 Å². The first-order valence-electron chi connectivity index (χ1n) is 11.4. The summed E-state index contributed by atoms with van der Waals surface area (Å²) in [4.78, 5) is 18.6. The third kappa shape index (κ3) is 6.66. The number of hydrogen-bond acceptors (Lipinski definition) is 7. The number of piperidine rings is 1. The van der Waals surface area contributed by atoms with Crippen molar-refractivity contribution in [3.63, 3.8) is 0 Å². The van der Waals surface area contributed by atoms with E-state index in [1.165, 1.54) is 12.1 Å². The Balaban J connectivity index is 1.36. The van der Waals surface area contributed by atoms with Crippen molar-refractivity contribution >= 4 is 11.9 Å². The molecule has 0 spiro atoms. The van der Waals surface area contributed by atoms with Gasteiger partial charge < -0.3 is 24.6 Å². The van der Waals surface area contributed by atoms with Crippen LogP contribution in [0.25, 0.3) is 0 Å². The predicted molar refractivity (Wildman–Crippen MR) is 118 cm³/mol. The van der Waals surface area contributed by atoms with E-state index in [4.69, 9.17) is 14.4 Å². The van der Waals surface area contributed by atoms with Crippen LogP contribution >= 0.6 is 0 Å². The van der Waals surface area contributed by atoms with E-state index in [1.807, 2.05) is 0 Å². The molecule has 0 radical (unpaired) electrons. The molecule has 0 bridgehead atoms. The second-order valence-electron chi connectivity index (χ2n) is 8.36. The Morgan fingerprint density at radius 2 is 2.19 bits per heavy atom. The van der Waals surface area contributed by atoms with Crippen molar-refractivity contribution in [2.24, 2.45) is 5.92 Å². The van der Waals surface area contributed by atoms with E-state index in [0.29, 0.717) is 24.3 Å². The molecule has 1 fully saturated rings. The van der Waals surface area contributed by atoms with Gasteiger partial charge in [0.05, 0.1) is 18.8 Å². The highest BCUT2D eigenvalue weighted by Crippen LogP contribution is 2.25. The van der Waals surface area contributed by atoms with Crippen LogP contribution in [0.3, 0.4) is 0 Å². The minimum Gasteiger partial charge on any atom is -0.493 e. The van der Waals surface area contributed by atoms with Gasteiger partial charge in [-0.2, -0.15) is 4.98 Å². The van der Waals surface area contributed by atoms with Gasteiger partial charge in [-0.3, -0.25) is 4.79 Å². The third-order valence-electron chi connectivity index (χ3n) is 5.68. The number of hydrogen-bond donors (Lipinski definition) is 2. The van der Waals surface area contributed by atoms with Gasteiger partial charge in [-0.05, 0) is 57.1 Å². The number of anilines is 1. The van der Waals surface area contributed by atoms with Crippen molar-refractivity contribution in [1.82, 2.24) is 15.5 Å². The first-order chi connectivity index (χ1) is 15.5. The largest absolute Gasteiger partial charge is 0.493 e. The average Bonchev–Trinajstić information content (AvgIpc) is 3.26. The lowest BCUT2D eigenvalue weighted by Crippen LogP contribution is -2.35. The lowest BCUT2D eigenvalue weighted by atomic mass is 9.92. The molecule has 8 nitrogen and oxygen atoms in total. The van der Waals surface area contributed by atoms with Crippen molar-refractivity contribution in [3.8, 4) is 5.75 Å². The maximum atomic E-state index is 14.3. The number of aliphatic hydroxyl groups is 1. The van der Waals surface area contributed by atoms with E-state index >= 15 is 0 Å². The molecule has 1 aliphatic heterocycles. The van der Waals surface area contributed by atoms with Crippen LogP contribution in [0.4, 0.5) is 10.4 Å². The first kappa shape index (κ1) is 24.0. The number of halogens is 1. The highest BCUT2D eigenvalue weighted by molar-refractivity contribution is 5.94. The molecule has 3 rings (SSSR count). The van der Waals surface area contributed by atoms with Crippen molar-refractivity contribution in [1.29, 1.82) is 0 Å². The zero-order valence-corrected chi connectivity index (χ0v) is 18.8. The summed E-state index contributed by atoms with van der Waals surface area (Å²) in [7, 11) is 0. The number of rotatable bonds is 11. The van der Waals surface area contributed by atoms with Crippen LogP contribution in [0, 0.1) is 11.7 Å². The van der Waals surface area contributed by atoms with E-state index in [0.717, 1.165) is 57.4 Å². The lowest BCUT2D eigenvalue weighted by Gasteiger charge is -2.30. The molecule has 32 heavy (non-hydrogen) atoms. The molecular formula is C23H33FN4O4. The highest BCUT2D eigenvalue weighted by Gasteiger charge is 2.23.